The van der Waals surface area contributed by atoms with Crippen molar-refractivity contribution in [3.63, 3.8) is 0 Å². The third-order valence-electron chi connectivity index (χ3n) is 3.16. The van der Waals surface area contributed by atoms with Crippen molar-refractivity contribution in [2.75, 3.05) is 20.3 Å². The van der Waals surface area contributed by atoms with Crippen LogP contribution in [0.3, 0.4) is 0 Å². The molecule has 0 saturated heterocycles. The van der Waals surface area contributed by atoms with Gasteiger partial charge in [0, 0.05) is 19.7 Å². The largest absolute Gasteiger partial charge is 0.389 e. The number of nitrogens with zero attached hydrogens (tertiary/aromatic N) is 1. The molecule has 0 aromatic heterocycles. The van der Waals surface area contributed by atoms with E-state index in [1.165, 1.54) is 10.4 Å². The molecule has 0 amide bonds. The van der Waals surface area contributed by atoms with Crippen LogP contribution in [0.4, 0.5) is 0 Å². The first-order valence-corrected chi connectivity index (χ1v) is 8.07. The first-order chi connectivity index (χ1) is 9.34. The van der Waals surface area contributed by atoms with Crippen LogP contribution in [0.1, 0.15) is 32.4 Å². The predicted octanol–water partition coefficient (Wildman–Crippen LogP) is 1.79. The van der Waals surface area contributed by atoms with Crippen LogP contribution in [0.5, 0.6) is 0 Å². The molecule has 0 fully saturated rings. The molecule has 0 heterocycles. The Morgan fingerprint density at radius 1 is 1.35 bits per heavy atom. The van der Waals surface area contributed by atoms with Crippen LogP contribution in [0.15, 0.2) is 29.2 Å². The molecule has 1 aromatic rings. The van der Waals surface area contributed by atoms with E-state index in [1.54, 1.807) is 39.2 Å². The number of rotatable bonds is 7. The van der Waals surface area contributed by atoms with Crippen molar-refractivity contribution < 1.29 is 18.3 Å². The van der Waals surface area contributed by atoms with E-state index in [-0.39, 0.29) is 10.9 Å². The molecule has 1 aromatic carbocycles. The second kappa shape index (κ2) is 7.17. The number of aliphatic hydroxyl groups is 1. The molecule has 0 saturated carbocycles. The molecule has 20 heavy (non-hydrogen) atoms. The Kier molecular flexibility index (Phi) is 6.13. The SMILES string of the molecule is CCN(C(C)COC)S(=O)(=O)c1cccc(C(C)O)c1. The second-order valence-electron chi connectivity index (χ2n) is 4.76. The topological polar surface area (TPSA) is 66.8 Å². The van der Waals surface area contributed by atoms with Crippen molar-refractivity contribution in [3.05, 3.63) is 29.8 Å². The molecular formula is C14H23NO4S. The lowest BCUT2D eigenvalue weighted by atomic mass is 10.1. The number of benzene rings is 1. The average Bonchev–Trinajstić information content (AvgIpc) is 2.39. The minimum Gasteiger partial charge on any atom is -0.389 e. The molecule has 5 nitrogen and oxygen atoms in total. The third-order valence-corrected chi connectivity index (χ3v) is 5.24. The van der Waals surface area contributed by atoms with Gasteiger partial charge in [-0.05, 0) is 31.5 Å². The summed E-state index contributed by atoms with van der Waals surface area (Å²) in [4.78, 5) is 0.195. The smallest absolute Gasteiger partial charge is 0.243 e. The fourth-order valence-electron chi connectivity index (χ4n) is 2.11. The van der Waals surface area contributed by atoms with E-state index in [0.717, 1.165) is 0 Å². The molecule has 0 aliphatic heterocycles. The minimum atomic E-state index is -3.59. The Hall–Kier alpha value is -0.950. The van der Waals surface area contributed by atoms with Gasteiger partial charge in [0.05, 0.1) is 17.6 Å². The third kappa shape index (κ3) is 3.79. The van der Waals surface area contributed by atoms with Crippen molar-refractivity contribution in [2.24, 2.45) is 0 Å². The molecule has 0 bridgehead atoms. The van der Waals surface area contributed by atoms with Crippen LogP contribution in [0.2, 0.25) is 0 Å². The number of hydrogen-bond acceptors (Lipinski definition) is 4. The summed E-state index contributed by atoms with van der Waals surface area (Å²) in [6, 6.07) is 6.17. The highest BCUT2D eigenvalue weighted by Gasteiger charge is 2.27. The van der Waals surface area contributed by atoms with E-state index in [1.807, 2.05) is 6.92 Å². The maximum atomic E-state index is 12.6. The number of hydrogen-bond donors (Lipinski definition) is 1. The van der Waals surface area contributed by atoms with Gasteiger partial charge in [-0.15, -0.1) is 0 Å². The lowest BCUT2D eigenvalue weighted by Gasteiger charge is -2.26. The van der Waals surface area contributed by atoms with Crippen LogP contribution >= 0.6 is 0 Å². The van der Waals surface area contributed by atoms with Crippen LogP contribution in [0.25, 0.3) is 0 Å². The Morgan fingerprint density at radius 3 is 2.50 bits per heavy atom. The molecule has 6 heteroatoms. The van der Waals surface area contributed by atoms with Gasteiger partial charge >= 0.3 is 0 Å². The lowest BCUT2D eigenvalue weighted by molar-refractivity contribution is 0.142. The van der Waals surface area contributed by atoms with E-state index in [4.69, 9.17) is 4.74 Å². The number of methoxy groups -OCH3 is 1. The normalized spacial score (nSPS) is 15.3. The van der Waals surface area contributed by atoms with Crippen LogP contribution in [0, 0.1) is 0 Å². The quantitative estimate of drug-likeness (QED) is 0.833. The number of ether oxygens (including phenoxy) is 1. The first kappa shape index (κ1) is 17.1. The summed E-state index contributed by atoms with van der Waals surface area (Å²) in [5, 5.41) is 9.57. The Bertz CT molecular complexity index is 528. The molecule has 2 unspecified atom stereocenters. The van der Waals surface area contributed by atoms with Gasteiger partial charge in [0.25, 0.3) is 0 Å². The van der Waals surface area contributed by atoms with Gasteiger partial charge in [-0.1, -0.05) is 19.1 Å². The fraction of sp³-hybridized carbons (Fsp3) is 0.571. The Morgan fingerprint density at radius 2 is 2.00 bits per heavy atom. The number of likely N-dealkylation sites (N-methyl/N-ethyl adjacent to an activating group) is 1. The molecule has 0 spiro atoms. The fourth-order valence-corrected chi connectivity index (χ4v) is 3.79. The summed E-state index contributed by atoms with van der Waals surface area (Å²) in [6.07, 6.45) is -0.698. The standard InChI is InChI=1S/C14H23NO4S/c1-5-15(11(2)10-19-4)20(17,18)14-8-6-7-13(9-14)12(3)16/h6-9,11-12,16H,5,10H2,1-4H3. The van der Waals surface area contributed by atoms with E-state index in [9.17, 15) is 13.5 Å². The maximum Gasteiger partial charge on any atom is 0.243 e. The van der Waals surface area contributed by atoms with Gasteiger partial charge in [0.15, 0.2) is 0 Å². The monoisotopic (exact) mass is 301 g/mol. The lowest BCUT2D eigenvalue weighted by Crippen LogP contribution is -2.40. The summed E-state index contributed by atoms with van der Waals surface area (Å²) in [6.45, 7) is 5.91. The zero-order valence-corrected chi connectivity index (χ0v) is 13.2. The van der Waals surface area contributed by atoms with E-state index in [2.05, 4.69) is 0 Å². The highest BCUT2D eigenvalue weighted by Crippen LogP contribution is 2.22. The molecule has 1 N–H and O–H groups in total. The van der Waals surface area contributed by atoms with Gasteiger partial charge < -0.3 is 9.84 Å². The summed E-state index contributed by atoms with van der Waals surface area (Å²) in [5.41, 5.74) is 0.585. The summed E-state index contributed by atoms with van der Waals surface area (Å²) in [5.74, 6) is 0. The second-order valence-corrected chi connectivity index (χ2v) is 6.65. The molecular weight excluding hydrogens is 278 g/mol. The van der Waals surface area contributed by atoms with Gasteiger partial charge in [0.2, 0.25) is 10.0 Å². The van der Waals surface area contributed by atoms with Gasteiger partial charge in [0.1, 0.15) is 0 Å². The van der Waals surface area contributed by atoms with Gasteiger partial charge in [-0.2, -0.15) is 4.31 Å². The number of aliphatic hydroxyl groups excluding tert-OH is 1. The zero-order valence-electron chi connectivity index (χ0n) is 12.4. The van der Waals surface area contributed by atoms with Crippen LogP contribution in [-0.2, 0) is 14.8 Å². The molecule has 1 rings (SSSR count). The van der Waals surface area contributed by atoms with Crippen molar-refractivity contribution in [3.8, 4) is 0 Å². The molecule has 0 aliphatic rings. The van der Waals surface area contributed by atoms with Crippen LogP contribution < -0.4 is 0 Å². The first-order valence-electron chi connectivity index (χ1n) is 6.63. The summed E-state index contributed by atoms with van der Waals surface area (Å²) >= 11 is 0. The van der Waals surface area contributed by atoms with Crippen molar-refractivity contribution in [1.82, 2.24) is 4.31 Å². The highest BCUT2D eigenvalue weighted by atomic mass is 32.2. The molecule has 0 aliphatic carbocycles. The number of sulfonamides is 1. The zero-order chi connectivity index (χ0) is 15.3. The van der Waals surface area contributed by atoms with Crippen molar-refractivity contribution >= 4 is 10.0 Å². The van der Waals surface area contributed by atoms with Gasteiger partial charge in [-0.3, -0.25) is 0 Å². The summed E-state index contributed by atoms with van der Waals surface area (Å²) in [7, 11) is -2.04. The maximum absolute atomic E-state index is 12.6. The average molecular weight is 301 g/mol. The summed E-state index contributed by atoms with van der Waals surface area (Å²) < 4.78 is 31.7. The Balaban J connectivity index is 3.17. The highest BCUT2D eigenvalue weighted by molar-refractivity contribution is 7.89. The minimum absolute atomic E-state index is 0.195. The molecule has 0 radical (unpaired) electrons. The van der Waals surface area contributed by atoms with E-state index >= 15 is 0 Å². The van der Waals surface area contributed by atoms with E-state index in [0.29, 0.717) is 18.7 Å². The van der Waals surface area contributed by atoms with Crippen molar-refractivity contribution in [1.29, 1.82) is 0 Å². The van der Waals surface area contributed by atoms with Gasteiger partial charge in [-0.25, -0.2) is 8.42 Å². The van der Waals surface area contributed by atoms with E-state index < -0.39 is 16.1 Å². The molecule has 2 atom stereocenters. The molecule has 114 valence electrons. The van der Waals surface area contributed by atoms with Crippen molar-refractivity contribution in [2.45, 2.75) is 37.8 Å². The Labute approximate surface area is 121 Å². The van der Waals surface area contributed by atoms with Crippen LogP contribution in [-0.4, -0.2) is 44.1 Å². The predicted molar refractivity (Wildman–Crippen MR) is 78.0 cm³/mol.